The van der Waals surface area contributed by atoms with Gasteiger partial charge in [0.15, 0.2) is 0 Å². The molecular formula is C12H21NO2. The van der Waals surface area contributed by atoms with Crippen LogP contribution in [0, 0.1) is 11.8 Å². The van der Waals surface area contributed by atoms with Crippen LogP contribution in [-0.2, 0) is 9.53 Å². The van der Waals surface area contributed by atoms with Crippen molar-refractivity contribution < 1.29 is 9.53 Å². The molecule has 0 radical (unpaired) electrons. The molecule has 0 aliphatic carbocycles. The third-order valence-electron chi connectivity index (χ3n) is 3.31. The molecule has 2 heterocycles. The molecular weight excluding hydrogens is 190 g/mol. The third-order valence-corrected chi connectivity index (χ3v) is 3.31. The molecule has 3 heteroatoms. The fraction of sp³-hybridized carbons (Fsp3) is 0.917. The summed E-state index contributed by atoms with van der Waals surface area (Å²) in [6, 6.07) is 0.831. The molecule has 2 fully saturated rings. The van der Waals surface area contributed by atoms with E-state index in [0.29, 0.717) is 23.8 Å². The fourth-order valence-electron chi connectivity index (χ4n) is 2.67. The highest BCUT2D eigenvalue weighted by Crippen LogP contribution is 2.26. The van der Waals surface area contributed by atoms with Crippen LogP contribution >= 0.6 is 0 Å². The highest BCUT2D eigenvalue weighted by Gasteiger charge is 2.34. The number of hydrogen-bond acceptors (Lipinski definition) is 3. The SMILES string of the molecule is CC(C)CC(=O)C1CC2COCC(C1)N2. The van der Waals surface area contributed by atoms with Crippen molar-refractivity contribution in [3.05, 3.63) is 0 Å². The van der Waals surface area contributed by atoms with Gasteiger partial charge in [0.2, 0.25) is 0 Å². The number of hydrogen-bond donors (Lipinski definition) is 1. The Kier molecular flexibility index (Phi) is 3.42. The van der Waals surface area contributed by atoms with Crippen LogP contribution < -0.4 is 5.32 Å². The van der Waals surface area contributed by atoms with Crippen LogP contribution in [0.25, 0.3) is 0 Å². The van der Waals surface area contributed by atoms with E-state index in [9.17, 15) is 4.79 Å². The van der Waals surface area contributed by atoms with Crippen molar-refractivity contribution in [2.24, 2.45) is 11.8 Å². The standard InChI is InChI=1S/C12H21NO2/c1-8(2)3-12(14)9-4-10-6-15-7-11(5-9)13-10/h8-11,13H,3-7H2,1-2H3. The van der Waals surface area contributed by atoms with E-state index in [2.05, 4.69) is 19.2 Å². The minimum atomic E-state index is 0.285. The number of ketones is 1. The molecule has 2 bridgehead atoms. The van der Waals surface area contributed by atoms with Gasteiger partial charge in [-0.15, -0.1) is 0 Å². The second kappa shape index (κ2) is 4.62. The maximum Gasteiger partial charge on any atom is 0.136 e. The predicted molar refractivity (Wildman–Crippen MR) is 58.7 cm³/mol. The van der Waals surface area contributed by atoms with E-state index >= 15 is 0 Å². The number of fused-ring (bicyclic) bond motifs is 2. The molecule has 15 heavy (non-hydrogen) atoms. The molecule has 3 nitrogen and oxygen atoms in total. The molecule has 0 saturated carbocycles. The van der Waals surface area contributed by atoms with Crippen LogP contribution in [-0.4, -0.2) is 31.1 Å². The maximum absolute atomic E-state index is 12.0. The number of nitrogens with one attached hydrogen (secondary N) is 1. The fourth-order valence-corrected chi connectivity index (χ4v) is 2.67. The number of rotatable bonds is 3. The van der Waals surface area contributed by atoms with Gasteiger partial charge in [-0.3, -0.25) is 4.79 Å². The van der Waals surface area contributed by atoms with Crippen LogP contribution in [0.5, 0.6) is 0 Å². The first-order valence-electron chi connectivity index (χ1n) is 6.01. The van der Waals surface area contributed by atoms with Crippen molar-refractivity contribution in [2.45, 2.75) is 45.2 Å². The Hall–Kier alpha value is -0.410. The van der Waals surface area contributed by atoms with Gasteiger partial charge in [-0.25, -0.2) is 0 Å². The summed E-state index contributed by atoms with van der Waals surface area (Å²) in [4.78, 5) is 12.0. The second-order valence-electron chi connectivity index (χ2n) is 5.33. The zero-order valence-corrected chi connectivity index (χ0v) is 9.66. The maximum atomic E-state index is 12.0. The number of piperidine rings is 1. The van der Waals surface area contributed by atoms with Gasteiger partial charge in [0.1, 0.15) is 5.78 Å². The normalized spacial score (nSPS) is 35.5. The van der Waals surface area contributed by atoms with Crippen molar-refractivity contribution in [1.82, 2.24) is 5.32 Å². The summed E-state index contributed by atoms with van der Waals surface area (Å²) < 4.78 is 5.47. The molecule has 2 atom stereocenters. The minimum absolute atomic E-state index is 0.285. The number of ether oxygens (including phenoxy) is 1. The summed E-state index contributed by atoms with van der Waals surface area (Å²) in [7, 11) is 0. The first-order chi connectivity index (χ1) is 7.15. The number of Topliss-reactive ketones (excluding diaryl/α,β-unsaturated/α-hetero) is 1. The molecule has 2 unspecified atom stereocenters. The van der Waals surface area contributed by atoms with Gasteiger partial charge < -0.3 is 10.1 Å². The summed E-state index contributed by atoms with van der Waals surface area (Å²) in [6.45, 7) is 5.79. The van der Waals surface area contributed by atoms with Crippen molar-refractivity contribution in [2.75, 3.05) is 13.2 Å². The van der Waals surface area contributed by atoms with Crippen LogP contribution in [0.3, 0.4) is 0 Å². The van der Waals surface area contributed by atoms with Gasteiger partial charge >= 0.3 is 0 Å². The average Bonchev–Trinajstić information content (AvgIpc) is 2.16. The lowest BCUT2D eigenvalue weighted by Gasteiger charge is -2.39. The van der Waals surface area contributed by atoms with Crippen LogP contribution in [0.1, 0.15) is 33.1 Å². The summed E-state index contributed by atoms with van der Waals surface area (Å²) in [6.07, 6.45) is 2.69. The van der Waals surface area contributed by atoms with E-state index < -0.39 is 0 Å². The largest absolute Gasteiger partial charge is 0.378 e. The lowest BCUT2D eigenvalue weighted by Crippen LogP contribution is -2.55. The van der Waals surface area contributed by atoms with Crippen molar-refractivity contribution in [3.8, 4) is 0 Å². The monoisotopic (exact) mass is 211 g/mol. The molecule has 0 aromatic rings. The van der Waals surface area contributed by atoms with E-state index in [1.54, 1.807) is 0 Å². The molecule has 1 N–H and O–H groups in total. The van der Waals surface area contributed by atoms with Gasteiger partial charge in [-0.05, 0) is 18.8 Å². The highest BCUT2D eigenvalue weighted by atomic mass is 16.5. The Balaban J connectivity index is 1.90. The predicted octanol–water partition coefficient (Wildman–Crippen LogP) is 1.37. The van der Waals surface area contributed by atoms with Gasteiger partial charge in [-0.1, -0.05) is 13.8 Å². The van der Waals surface area contributed by atoms with Crippen molar-refractivity contribution >= 4 is 5.78 Å². The Labute approximate surface area is 91.6 Å². The van der Waals surface area contributed by atoms with E-state index in [-0.39, 0.29) is 5.92 Å². The molecule has 86 valence electrons. The average molecular weight is 211 g/mol. The number of morpholine rings is 1. The van der Waals surface area contributed by atoms with E-state index in [1.807, 2.05) is 0 Å². The van der Waals surface area contributed by atoms with E-state index in [4.69, 9.17) is 4.74 Å². The summed E-state index contributed by atoms with van der Waals surface area (Å²) in [5.41, 5.74) is 0. The lowest BCUT2D eigenvalue weighted by molar-refractivity contribution is -0.126. The number of carbonyl (C=O) groups excluding carboxylic acids is 1. The van der Waals surface area contributed by atoms with Crippen LogP contribution in [0.2, 0.25) is 0 Å². The van der Waals surface area contributed by atoms with E-state index in [0.717, 1.165) is 32.5 Å². The molecule has 0 amide bonds. The Morgan fingerprint density at radius 3 is 2.47 bits per heavy atom. The molecule has 2 saturated heterocycles. The molecule has 2 rings (SSSR count). The topological polar surface area (TPSA) is 38.3 Å². The lowest BCUT2D eigenvalue weighted by atomic mass is 9.82. The zero-order valence-electron chi connectivity index (χ0n) is 9.66. The molecule has 0 spiro atoms. The molecule has 2 aliphatic rings. The first kappa shape index (κ1) is 11.1. The smallest absolute Gasteiger partial charge is 0.136 e. The van der Waals surface area contributed by atoms with Crippen molar-refractivity contribution in [3.63, 3.8) is 0 Å². The quantitative estimate of drug-likeness (QED) is 0.766. The van der Waals surface area contributed by atoms with Crippen LogP contribution in [0.15, 0.2) is 0 Å². The summed E-state index contributed by atoms with van der Waals surface area (Å²) >= 11 is 0. The van der Waals surface area contributed by atoms with Gasteiger partial charge in [0.05, 0.1) is 13.2 Å². The highest BCUT2D eigenvalue weighted by molar-refractivity contribution is 5.81. The van der Waals surface area contributed by atoms with Gasteiger partial charge in [-0.2, -0.15) is 0 Å². The Morgan fingerprint density at radius 2 is 1.93 bits per heavy atom. The van der Waals surface area contributed by atoms with E-state index in [1.165, 1.54) is 0 Å². The second-order valence-corrected chi connectivity index (χ2v) is 5.33. The van der Waals surface area contributed by atoms with Gasteiger partial charge in [0.25, 0.3) is 0 Å². The molecule has 0 aromatic heterocycles. The summed E-state index contributed by atoms with van der Waals surface area (Å²) in [5.74, 6) is 1.24. The third kappa shape index (κ3) is 2.79. The number of carbonyl (C=O) groups is 1. The minimum Gasteiger partial charge on any atom is -0.378 e. The zero-order chi connectivity index (χ0) is 10.8. The van der Waals surface area contributed by atoms with Crippen LogP contribution in [0.4, 0.5) is 0 Å². The summed E-state index contributed by atoms with van der Waals surface area (Å²) in [5, 5.41) is 3.51. The Morgan fingerprint density at radius 1 is 1.33 bits per heavy atom. The van der Waals surface area contributed by atoms with Gasteiger partial charge in [0, 0.05) is 24.4 Å². The Bertz CT molecular complexity index is 228. The molecule has 2 aliphatic heterocycles. The molecule has 0 aromatic carbocycles. The van der Waals surface area contributed by atoms with Crippen molar-refractivity contribution in [1.29, 1.82) is 0 Å². The first-order valence-corrected chi connectivity index (χ1v) is 6.01.